The van der Waals surface area contributed by atoms with Crippen LogP contribution in [0.5, 0.6) is 17.2 Å². The fourth-order valence-corrected chi connectivity index (χ4v) is 4.11. The molecular weight excluding hydrogens is 395 g/mol. The Balaban J connectivity index is 1.85. The maximum absolute atomic E-state index is 12.5. The topological polar surface area (TPSA) is 48.0 Å². The molecule has 0 radical (unpaired) electrons. The minimum absolute atomic E-state index is 0.102. The van der Waals surface area contributed by atoms with Gasteiger partial charge in [-0.2, -0.15) is 0 Å². The number of carbonyl (C=O) groups is 1. The Hall–Kier alpha value is -2.55. The molecule has 0 spiro atoms. The summed E-state index contributed by atoms with van der Waals surface area (Å²) in [4.78, 5) is 14.0. The van der Waals surface area contributed by atoms with Gasteiger partial charge in [-0.1, -0.05) is 12.1 Å². The third-order valence-corrected chi connectivity index (χ3v) is 5.44. The Bertz CT molecular complexity index is 859. The van der Waals surface area contributed by atoms with Crippen LogP contribution in [0.3, 0.4) is 0 Å². The smallest absolute Gasteiger partial charge is 0.497 e. The number of thioether (sulfide) groups is 1. The van der Waals surface area contributed by atoms with Gasteiger partial charge in [-0.05, 0) is 29.8 Å². The quantitative estimate of drug-likeness (QED) is 0.704. The molecular formula is C19H18F3NO4S. The van der Waals surface area contributed by atoms with Crippen LogP contribution >= 0.6 is 11.8 Å². The van der Waals surface area contributed by atoms with E-state index in [9.17, 15) is 18.0 Å². The van der Waals surface area contributed by atoms with E-state index >= 15 is 0 Å². The van der Waals surface area contributed by atoms with E-state index < -0.39 is 11.7 Å². The molecule has 28 heavy (non-hydrogen) atoms. The van der Waals surface area contributed by atoms with Gasteiger partial charge in [0.15, 0.2) is 0 Å². The lowest BCUT2D eigenvalue weighted by atomic mass is 10.1. The third kappa shape index (κ3) is 4.64. The highest BCUT2D eigenvalue weighted by molar-refractivity contribution is 8.00. The highest BCUT2D eigenvalue weighted by Gasteiger charge is 2.35. The summed E-state index contributed by atoms with van der Waals surface area (Å²) in [6.07, 6.45) is -4.77. The molecule has 0 bridgehead atoms. The first-order chi connectivity index (χ1) is 13.3. The molecule has 1 atom stereocenters. The third-order valence-electron chi connectivity index (χ3n) is 4.18. The van der Waals surface area contributed by atoms with Crippen molar-refractivity contribution < 1.29 is 32.2 Å². The van der Waals surface area contributed by atoms with E-state index in [1.165, 1.54) is 37.1 Å². The fourth-order valence-electron chi connectivity index (χ4n) is 2.93. The molecule has 2 aromatic carbocycles. The lowest BCUT2D eigenvalue weighted by Crippen LogP contribution is -2.28. The van der Waals surface area contributed by atoms with Gasteiger partial charge in [0.05, 0.1) is 26.5 Å². The van der Waals surface area contributed by atoms with Gasteiger partial charge in [-0.25, -0.2) is 0 Å². The molecule has 150 valence electrons. The number of methoxy groups -OCH3 is 2. The van der Waals surface area contributed by atoms with Crippen molar-refractivity contribution in [1.82, 2.24) is 4.90 Å². The van der Waals surface area contributed by atoms with E-state index in [4.69, 9.17) is 9.47 Å². The van der Waals surface area contributed by atoms with Gasteiger partial charge >= 0.3 is 6.36 Å². The molecule has 1 unspecified atom stereocenters. The van der Waals surface area contributed by atoms with Crippen molar-refractivity contribution in [3.8, 4) is 17.2 Å². The number of hydrogen-bond donors (Lipinski definition) is 0. The van der Waals surface area contributed by atoms with Crippen molar-refractivity contribution >= 4 is 17.7 Å². The Kier molecular flexibility index (Phi) is 5.93. The summed E-state index contributed by atoms with van der Waals surface area (Å²) in [5, 5.41) is -0.420. The normalized spacial score (nSPS) is 17.0. The van der Waals surface area contributed by atoms with Crippen LogP contribution in [-0.4, -0.2) is 37.1 Å². The highest BCUT2D eigenvalue weighted by atomic mass is 32.2. The number of halogens is 3. The van der Waals surface area contributed by atoms with Crippen LogP contribution in [0.25, 0.3) is 0 Å². The maximum atomic E-state index is 12.5. The average molecular weight is 413 g/mol. The summed E-state index contributed by atoms with van der Waals surface area (Å²) in [6, 6.07) is 11.0. The zero-order chi connectivity index (χ0) is 20.3. The summed E-state index contributed by atoms with van der Waals surface area (Å²) in [7, 11) is 3.06. The molecule has 1 heterocycles. The van der Waals surface area contributed by atoms with Crippen LogP contribution in [0.15, 0.2) is 42.5 Å². The minimum Gasteiger partial charge on any atom is -0.497 e. The van der Waals surface area contributed by atoms with Crippen LogP contribution in [0.2, 0.25) is 0 Å². The van der Waals surface area contributed by atoms with E-state index in [1.54, 1.807) is 36.3 Å². The second-order valence-electron chi connectivity index (χ2n) is 5.98. The lowest BCUT2D eigenvalue weighted by Gasteiger charge is -2.25. The van der Waals surface area contributed by atoms with Crippen LogP contribution in [0.1, 0.15) is 16.5 Å². The van der Waals surface area contributed by atoms with Gasteiger partial charge < -0.3 is 19.1 Å². The van der Waals surface area contributed by atoms with Crippen molar-refractivity contribution in [3.05, 3.63) is 53.6 Å². The molecule has 0 N–H and O–H groups in total. The number of benzene rings is 2. The Morgan fingerprint density at radius 3 is 2.57 bits per heavy atom. The summed E-state index contributed by atoms with van der Waals surface area (Å²) >= 11 is 1.35. The number of carbonyl (C=O) groups excluding carboxylic acids is 1. The van der Waals surface area contributed by atoms with E-state index in [-0.39, 0.29) is 24.0 Å². The standard InChI is InChI=1S/C19H18F3NO4S/c1-25-14-7-6-13(16(9-14)26-2)10-23-17(24)11-28-18(23)12-4-3-5-15(8-12)27-19(20,21)22/h3-9,18H,10-11H2,1-2H3. The van der Waals surface area contributed by atoms with E-state index in [2.05, 4.69) is 4.74 Å². The minimum atomic E-state index is -4.77. The molecule has 1 aliphatic heterocycles. The second-order valence-corrected chi connectivity index (χ2v) is 7.05. The first-order valence-corrected chi connectivity index (χ1v) is 9.33. The van der Waals surface area contributed by atoms with Gasteiger partial charge in [0, 0.05) is 11.6 Å². The molecule has 0 aromatic heterocycles. The number of ether oxygens (including phenoxy) is 3. The van der Waals surface area contributed by atoms with Gasteiger partial charge in [0.2, 0.25) is 5.91 Å². The fraction of sp³-hybridized carbons (Fsp3) is 0.316. The van der Waals surface area contributed by atoms with E-state index in [0.717, 1.165) is 5.56 Å². The molecule has 1 saturated heterocycles. The van der Waals surface area contributed by atoms with E-state index in [1.807, 2.05) is 0 Å². The highest BCUT2D eigenvalue weighted by Crippen LogP contribution is 2.41. The molecule has 0 saturated carbocycles. The zero-order valence-electron chi connectivity index (χ0n) is 15.2. The summed E-state index contributed by atoms with van der Waals surface area (Å²) in [6.45, 7) is 0.258. The summed E-state index contributed by atoms with van der Waals surface area (Å²) < 4.78 is 52.1. The number of amides is 1. The summed E-state index contributed by atoms with van der Waals surface area (Å²) in [5.41, 5.74) is 1.33. The van der Waals surface area contributed by atoms with Gasteiger partial charge in [0.1, 0.15) is 22.6 Å². The van der Waals surface area contributed by atoms with Gasteiger partial charge in [-0.15, -0.1) is 24.9 Å². The van der Waals surface area contributed by atoms with Gasteiger partial charge in [-0.3, -0.25) is 4.79 Å². The Morgan fingerprint density at radius 1 is 1.11 bits per heavy atom. The van der Waals surface area contributed by atoms with Crippen LogP contribution in [0, 0.1) is 0 Å². The predicted molar refractivity (Wildman–Crippen MR) is 98.4 cm³/mol. The first-order valence-electron chi connectivity index (χ1n) is 8.28. The van der Waals surface area contributed by atoms with Crippen LogP contribution < -0.4 is 14.2 Å². The number of alkyl halides is 3. The SMILES string of the molecule is COc1ccc(CN2C(=O)CSC2c2cccc(OC(F)(F)F)c2)c(OC)c1. The zero-order valence-corrected chi connectivity index (χ0v) is 16.0. The number of rotatable bonds is 6. The summed E-state index contributed by atoms with van der Waals surface area (Å²) in [5.74, 6) is 1.02. The van der Waals surface area contributed by atoms with Crippen LogP contribution in [0.4, 0.5) is 13.2 Å². The molecule has 3 rings (SSSR count). The van der Waals surface area contributed by atoms with Gasteiger partial charge in [0.25, 0.3) is 0 Å². The molecule has 9 heteroatoms. The monoisotopic (exact) mass is 413 g/mol. The largest absolute Gasteiger partial charge is 0.573 e. The van der Waals surface area contributed by atoms with Crippen molar-refractivity contribution in [3.63, 3.8) is 0 Å². The van der Waals surface area contributed by atoms with E-state index in [0.29, 0.717) is 17.1 Å². The van der Waals surface area contributed by atoms with Crippen molar-refractivity contribution in [2.45, 2.75) is 18.3 Å². The Labute approximate surface area is 164 Å². The second kappa shape index (κ2) is 8.22. The average Bonchev–Trinajstić information content (AvgIpc) is 3.01. The molecule has 5 nitrogen and oxygen atoms in total. The maximum Gasteiger partial charge on any atom is 0.573 e. The number of hydrogen-bond acceptors (Lipinski definition) is 5. The predicted octanol–water partition coefficient (Wildman–Crippen LogP) is 4.38. The Morgan fingerprint density at radius 2 is 1.89 bits per heavy atom. The molecule has 1 amide bonds. The lowest BCUT2D eigenvalue weighted by molar-refractivity contribution is -0.274. The first kappa shape index (κ1) is 20.2. The molecule has 1 aliphatic rings. The van der Waals surface area contributed by atoms with Crippen LogP contribution in [-0.2, 0) is 11.3 Å². The molecule has 1 fully saturated rings. The van der Waals surface area contributed by atoms with Crippen molar-refractivity contribution in [1.29, 1.82) is 0 Å². The molecule has 0 aliphatic carbocycles. The van der Waals surface area contributed by atoms with Crippen molar-refractivity contribution in [2.24, 2.45) is 0 Å². The van der Waals surface area contributed by atoms with Crippen molar-refractivity contribution in [2.75, 3.05) is 20.0 Å². The molecule has 2 aromatic rings. The number of nitrogens with zero attached hydrogens (tertiary/aromatic N) is 1.